The van der Waals surface area contributed by atoms with Crippen molar-refractivity contribution in [3.8, 4) is 0 Å². The van der Waals surface area contributed by atoms with Crippen LogP contribution in [0.4, 0.5) is 11.5 Å². The van der Waals surface area contributed by atoms with Crippen LogP contribution >= 0.6 is 11.6 Å². The Morgan fingerprint density at radius 2 is 2.18 bits per heavy atom. The predicted molar refractivity (Wildman–Crippen MR) is 70.1 cm³/mol. The van der Waals surface area contributed by atoms with E-state index < -0.39 is 0 Å². The lowest BCUT2D eigenvalue weighted by Gasteiger charge is -2.05. The minimum Gasteiger partial charge on any atom is -0.399 e. The fraction of sp³-hybridized carbons (Fsp3) is 0.167. The first-order valence-electron chi connectivity index (χ1n) is 5.30. The first-order valence-corrected chi connectivity index (χ1v) is 5.68. The van der Waals surface area contributed by atoms with E-state index in [2.05, 4.69) is 15.3 Å². The zero-order valence-corrected chi connectivity index (χ0v) is 9.98. The van der Waals surface area contributed by atoms with Crippen molar-refractivity contribution in [3.63, 3.8) is 0 Å². The van der Waals surface area contributed by atoms with Crippen LogP contribution in [-0.2, 0) is 6.42 Å². The summed E-state index contributed by atoms with van der Waals surface area (Å²) in [6.07, 6.45) is 4.02. The summed E-state index contributed by atoms with van der Waals surface area (Å²) in [7, 11) is 0. The number of nitrogen functional groups attached to an aromatic ring is 1. The Kier molecular flexibility index (Phi) is 3.77. The molecular formula is C12H13ClN4. The van der Waals surface area contributed by atoms with Crippen molar-refractivity contribution in [2.75, 3.05) is 17.6 Å². The van der Waals surface area contributed by atoms with Crippen molar-refractivity contribution < 1.29 is 0 Å². The molecular weight excluding hydrogens is 236 g/mol. The van der Waals surface area contributed by atoms with Gasteiger partial charge in [-0.15, -0.1) is 0 Å². The Bertz CT molecular complexity index is 456. The van der Waals surface area contributed by atoms with Crippen molar-refractivity contribution in [2.24, 2.45) is 0 Å². The maximum Gasteiger partial charge on any atom is 0.149 e. The summed E-state index contributed by atoms with van der Waals surface area (Å²) in [5.74, 6) is 0.682. The number of nitrogens with one attached hydrogen (secondary N) is 1. The second-order valence-corrected chi connectivity index (χ2v) is 4.04. The predicted octanol–water partition coefficient (Wildman–Crippen LogP) is 2.37. The van der Waals surface area contributed by atoms with Crippen LogP contribution in [0.15, 0.2) is 36.7 Å². The monoisotopic (exact) mass is 248 g/mol. The van der Waals surface area contributed by atoms with Crippen LogP contribution in [-0.4, -0.2) is 16.5 Å². The van der Waals surface area contributed by atoms with Gasteiger partial charge in [-0.3, -0.25) is 4.98 Å². The molecule has 0 atom stereocenters. The van der Waals surface area contributed by atoms with E-state index in [9.17, 15) is 0 Å². The molecule has 0 spiro atoms. The van der Waals surface area contributed by atoms with Crippen LogP contribution < -0.4 is 11.1 Å². The molecule has 4 nitrogen and oxygen atoms in total. The lowest BCUT2D eigenvalue weighted by molar-refractivity contribution is 1.00. The van der Waals surface area contributed by atoms with Crippen molar-refractivity contribution >= 4 is 23.1 Å². The molecule has 0 fully saturated rings. The highest BCUT2D eigenvalue weighted by atomic mass is 35.5. The fourth-order valence-electron chi connectivity index (χ4n) is 1.51. The molecule has 0 aliphatic carbocycles. The lowest BCUT2D eigenvalue weighted by Crippen LogP contribution is -2.06. The van der Waals surface area contributed by atoms with E-state index in [-0.39, 0.29) is 0 Å². The van der Waals surface area contributed by atoms with Crippen molar-refractivity contribution in [1.29, 1.82) is 0 Å². The summed E-state index contributed by atoms with van der Waals surface area (Å²) < 4.78 is 0. The number of benzene rings is 1. The zero-order valence-electron chi connectivity index (χ0n) is 9.23. The van der Waals surface area contributed by atoms with Crippen LogP contribution in [0.1, 0.15) is 5.56 Å². The van der Waals surface area contributed by atoms with Gasteiger partial charge in [0.05, 0.1) is 12.4 Å². The van der Waals surface area contributed by atoms with Gasteiger partial charge in [0, 0.05) is 12.2 Å². The molecule has 0 aliphatic heterocycles. The SMILES string of the molecule is Nc1cccc(CCNc2cncc(Cl)n2)c1. The van der Waals surface area contributed by atoms with E-state index >= 15 is 0 Å². The summed E-state index contributed by atoms with van der Waals surface area (Å²) in [6.45, 7) is 0.762. The van der Waals surface area contributed by atoms with E-state index in [1.165, 1.54) is 11.8 Å². The Balaban J connectivity index is 1.87. The smallest absolute Gasteiger partial charge is 0.149 e. The van der Waals surface area contributed by atoms with Crippen molar-refractivity contribution in [1.82, 2.24) is 9.97 Å². The molecule has 0 saturated carbocycles. The van der Waals surface area contributed by atoms with Crippen molar-refractivity contribution in [3.05, 3.63) is 47.4 Å². The molecule has 1 heterocycles. The molecule has 0 amide bonds. The fourth-order valence-corrected chi connectivity index (χ4v) is 1.66. The molecule has 0 saturated heterocycles. The minimum absolute atomic E-state index is 0.388. The molecule has 0 aliphatic rings. The molecule has 0 radical (unpaired) electrons. The van der Waals surface area contributed by atoms with Gasteiger partial charge in [-0.25, -0.2) is 4.98 Å². The molecule has 2 rings (SSSR count). The number of hydrogen-bond acceptors (Lipinski definition) is 4. The number of anilines is 2. The van der Waals surface area contributed by atoms with Crippen LogP contribution in [0.5, 0.6) is 0 Å². The summed E-state index contributed by atoms with van der Waals surface area (Å²) in [4.78, 5) is 8.04. The lowest BCUT2D eigenvalue weighted by atomic mass is 10.1. The summed E-state index contributed by atoms with van der Waals surface area (Å²) in [5, 5.41) is 3.54. The van der Waals surface area contributed by atoms with Gasteiger partial charge in [-0.1, -0.05) is 23.7 Å². The molecule has 0 bridgehead atoms. The molecule has 5 heteroatoms. The third kappa shape index (κ3) is 3.60. The summed E-state index contributed by atoms with van der Waals surface area (Å²) in [6, 6.07) is 7.83. The molecule has 2 aromatic rings. The van der Waals surface area contributed by atoms with Gasteiger partial charge in [-0.2, -0.15) is 0 Å². The van der Waals surface area contributed by atoms with Gasteiger partial charge in [0.15, 0.2) is 0 Å². The summed E-state index contributed by atoms with van der Waals surface area (Å²) in [5.41, 5.74) is 7.67. The second-order valence-electron chi connectivity index (χ2n) is 3.65. The number of nitrogens with two attached hydrogens (primary N) is 1. The average molecular weight is 249 g/mol. The molecule has 17 heavy (non-hydrogen) atoms. The van der Waals surface area contributed by atoms with Crippen molar-refractivity contribution in [2.45, 2.75) is 6.42 Å². The Hall–Kier alpha value is -1.81. The second kappa shape index (κ2) is 5.50. The maximum absolute atomic E-state index is 5.73. The van der Waals surface area contributed by atoms with Crippen LogP contribution in [0.2, 0.25) is 5.15 Å². The number of halogens is 1. The third-order valence-corrected chi connectivity index (χ3v) is 2.46. The van der Waals surface area contributed by atoms with E-state index in [4.69, 9.17) is 17.3 Å². The highest BCUT2D eigenvalue weighted by molar-refractivity contribution is 6.29. The van der Waals surface area contributed by atoms with Gasteiger partial charge in [-0.05, 0) is 24.1 Å². The zero-order chi connectivity index (χ0) is 12.1. The number of hydrogen-bond donors (Lipinski definition) is 2. The normalized spacial score (nSPS) is 10.2. The largest absolute Gasteiger partial charge is 0.399 e. The van der Waals surface area contributed by atoms with Crippen LogP contribution in [0.25, 0.3) is 0 Å². The standard InChI is InChI=1S/C12H13ClN4/c13-11-7-15-8-12(17-11)16-5-4-9-2-1-3-10(14)6-9/h1-3,6-8H,4-5,14H2,(H,16,17). The maximum atomic E-state index is 5.73. The molecule has 0 unspecified atom stereocenters. The van der Waals surface area contributed by atoms with Crippen LogP contribution in [0, 0.1) is 0 Å². The summed E-state index contributed by atoms with van der Waals surface area (Å²) >= 11 is 5.73. The van der Waals surface area contributed by atoms with Crippen LogP contribution in [0.3, 0.4) is 0 Å². The molecule has 1 aromatic carbocycles. The van der Waals surface area contributed by atoms with Gasteiger partial charge >= 0.3 is 0 Å². The number of aromatic nitrogens is 2. The van der Waals surface area contributed by atoms with E-state index in [0.29, 0.717) is 11.0 Å². The minimum atomic E-state index is 0.388. The number of nitrogens with zero attached hydrogens (tertiary/aromatic N) is 2. The number of rotatable bonds is 4. The highest BCUT2D eigenvalue weighted by Crippen LogP contribution is 2.09. The molecule has 88 valence electrons. The topological polar surface area (TPSA) is 63.8 Å². The van der Waals surface area contributed by atoms with Gasteiger partial charge in [0.1, 0.15) is 11.0 Å². The first-order chi connectivity index (χ1) is 8.24. The van der Waals surface area contributed by atoms with E-state index in [1.807, 2.05) is 24.3 Å². The average Bonchev–Trinajstić information content (AvgIpc) is 2.29. The van der Waals surface area contributed by atoms with Gasteiger partial charge in [0.2, 0.25) is 0 Å². The third-order valence-electron chi connectivity index (χ3n) is 2.28. The Labute approximate surface area is 105 Å². The molecule has 1 aromatic heterocycles. The quantitative estimate of drug-likeness (QED) is 0.816. The van der Waals surface area contributed by atoms with E-state index in [0.717, 1.165) is 18.7 Å². The van der Waals surface area contributed by atoms with E-state index in [1.54, 1.807) is 6.20 Å². The van der Waals surface area contributed by atoms with Gasteiger partial charge in [0.25, 0.3) is 0 Å². The van der Waals surface area contributed by atoms with Gasteiger partial charge < -0.3 is 11.1 Å². The first kappa shape index (κ1) is 11.7. The molecule has 3 N–H and O–H groups in total. The Morgan fingerprint density at radius 3 is 2.94 bits per heavy atom. The highest BCUT2D eigenvalue weighted by Gasteiger charge is 1.97. The Morgan fingerprint density at radius 1 is 1.29 bits per heavy atom.